The Morgan fingerprint density at radius 1 is 1.06 bits per heavy atom. The highest BCUT2D eigenvalue weighted by molar-refractivity contribution is 7.92. The van der Waals surface area contributed by atoms with Crippen LogP contribution in [0.4, 0.5) is 5.69 Å². The maximum atomic E-state index is 13.3. The molecule has 31 heavy (non-hydrogen) atoms. The first kappa shape index (κ1) is 25.0. The molecule has 2 aromatic carbocycles. The SMILES string of the molecule is CCNC(=O)[C@H](C)N(Cc1ccccc1)C(=O)CN(c1cc(Cl)cc(Cl)c1)S(C)(=O)=O. The summed E-state index contributed by atoms with van der Waals surface area (Å²) in [4.78, 5) is 27.1. The van der Waals surface area contributed by atoms with Gasteiger partial charge in [0.25, 0.3) is 0 Å². The lowest BCUT2D eigenvalue weighted by Crippen LogP contribution is -2.51. The van der Waals surface area contributed by atoms with Gasteiger partial charge in [0.15, 0.2) is 0 Å². The van der Waals surface area contributed by atoms with Crippen molar-refractivity contribution in [1.82, 2.24) is 10.2 Å². The molecule has 1 atom stereocenters. The van der Waals surface area contributed by atoms with Crippen LogP contribution in [0.3, 0.4) is 0 Å². The van der Waals surface area contributed by atoms with Crippen LogP contribution in [0.5, 0.6) is 0 Å². The van der Waals surface area contributed by atoms with Gasteiger partial charge in [0, 0.05) is 23.1 Å². The van der Waals surface area contributed by atoms with E-state index in [1.807, 2.05) is 30.3 Å². The number of sulfonamides is 1. The molecule has 7 nitrogen and oxygen atoms in total. The van der Waals surface area contributed by atoms with Crippen molar-refractivity contribution in [3.8, 4) is 0 Å². The minimum atomic E-state index is -3.84. The van der Waals surface area contributed by atoms with E-state index >= 15 is 0 Å². The van der Waals surface area contributed by atoms with E-state index in [1.54, 1.807) is 13.8 Å². The summed E-state index contributed by atoms with van der Waals surface area (Å²) in [7, 11) is -3.84. The summed E-state index contributed by atoms with van der Waals surface area (Å²) in [5, 5.41) is 3.17. The second-order valence-electron chi connectivity index (χ2n) is 6.98. The topological polar surface area (TPSA) is 86.8 Å². The lowest BCUT2D eigenvalue weighted by Gasteiger charge is -2.31. The van der Waals surface area contributed by atoms with Crippen molar-refractivity contribution in [2.24, 2.45) is 0 Å². The van der Waals surface area contributed by atoms with Crippen molar-refractivity contribution in [3.05, 3.63) is 64.1 Å². The molecule has 2 rings (SSSR count). The number of anilines is 1. The molecule has 0 saturated heterocycles. The first-order chi connectivity index (χ1) is 14.5. The van der Waals surface area contributed by atoms with Gasteiger partial charge in [0.1, 0.15) is 12.6 Å². The number of hydrogen-bond donors (Lipinski definition) is 1. The molecule has 0 aliphatic rings. The zero-order chi connectivity index (χ0) is 23.2. The van der Waals surface area contributed by atoms with Gasteiger partial charge in [-0.05, 0) is 37.6 Å². The number of likely N-dealkylation sites (N-methyl/N-ethyl adjacent to an activating group) is 1. The predicted molar refractivity (Wildman–Crippen MR) is 124 cm³/mol. The summed E-state index contributed by atoms with van der Waals surface area (Å²) in [6.07, 6.45) is 0.990. The third-order valence-electron chi connectivity index (χ3n) is 4.53. The summed E-state index contributed by atoms with van der Waals surface area (Å²) >= 11 is 12.0. The van der Waals surface area contributed by atoms with Crippen LogP contribution in [0.2, 0.25) is 10.0 Å². The van der Waals surface area contributed by atoms with Crippen LogP contribution in [-0.4, -0.2) is 50.5 Å². The highest BCUT2D eigenvalue weighted by Crippen LogP contribution is 2.27. The van der Waals surface area contributed by atoms with Crippen molar-refractivity contribution in [1.29, 1.82) is 0 Å². The number of carbonyl (C=O) groups excluding carboxylic acids is 2. The van der Waals surface area contributed by atoms with E-state index in [-0.39, 0.29) is 28.2 Å². The minimum absolute atomic E-state index is 0.145. The summed E-state index contributed by atoms with van der Waals surface area (Å²) in [6.45, 7) is 3.43. The average Bonchev–Trinajstić information content (AvgIpc) is 2.68. The van der Waals surface area contributed by atoms with Gasteiger partial charge in [0.05, 0.1) is 11.9 Å². The highest BCUT2D eigenvalue weighted by Gasteiger charge is 2.30. The molecule has 0 aromatic heterocycles. The molecule has 0 aliphatic carbocycles. The third kappa shape index (κ3) is 7.12. The predicted octanol–water partition coefficient (Wildman–Crippen LogP) is 3.31. The molecule has 168 valence electrons. The minimum Gasteiger partial charge on any atom is -0.355 e. The van der Waals surface area contributed by atoms with Gasteiger partial charge in [-0.15, -0.1) is 0 Å². The van der Waals surface area contributed by atoms with Gasteiger partial charge >= 0.3 is 0 Å². The number of amides is 2. The Morgan fingerprint density at radius 2 is 1.65 bits per heavy atom. The smallest absolute Gasteiger partial charge is 0.244 e. The van der Waals surface area contributed by atoms with Crippen LogP contribution >= 0.6 is 23.2 Å². The monoisotopic (exact) mass is 485 g/mol. The van der Waals surface area contributed by atoms with Crippen LogP contribution in [0.1, 0.15) is 19.4 Å². The van der Waals surface area contributed by atoms with Crippen LogP contribution < -0.4 is 9.62 Å². The molecule has 0 unspecified atom stereocenters. The van der Waals surface area contributed by atoms with Gasteiger partial charge in [-0.2, -0.15) is 0 Å². The first-order valence-electron chi connectivity index (χ1n) is 9.57. The quantitative estimate of drug-likeness (QED) is 0.589. The van der Waals surface area contributed by atoms with Crippen molar-refractivity contribution in [2.75, 3.05) is 23.7 Å². The molecule has 10 heteroatoms. The van der Waals surface area contributed by atoms with Crippen LogP contribution in [0.25, 0.3) is 0 Å². The van der Waals surface area contributed by atoms with E-state index in [4.69, 9.17) is 23.2 Å². The lowest BCUT2D eigenvalue weighted by molar-refractivity contribution is -0.139. The van der Waals surface area contributed by atoms with Gasteiger partial charge in [-0.1, -0.05) is 53.5 Å². The fourth-order valence-corrected chi connectivity index (χ4v) is 4.33. The molecule has 0 heterocycles. The van der Waals surface area contributed by atoms with E-state index in [0.29, 0.717) is 6.54 Å². The van der Waals surface area contributed by atoms with Gasteiger partial charge in [-0.3, -0.25) is 13.9 Å². The molecule has 0 fully saturated rings. The lowest BCUT2D eigenvalue weighted by atomic mass is 10.1. The first-order valence-corrected chi connectivity index (χ1v) is 12.2. The van der Waals surface area contributed by atoms with Crippen LogP contribution in [-0.2, 0) is 26.2 Å². The van der Waals surface area contributed by atoms with Crippen LogP contribution in [0.15, 0.2) is 48.5 Å². The Kier molecular flexibility index (Phi) is 8.73. The van der Waals surface area contributed by atoms with Crippen molar-refractivity contribution < 1.29 is 18.0 Å². The second kappa shape index (κ2) is 10.8. The average molecular weight is 486 g/mol. The summed E-state index contributed by atoms with van der Waals surface area (Å²) in [5.41, 5.74) is 0.974. The molecule has 0 aliphatic heterocycles. The molecule has 0 spiro atoms. The van der Waals surface area contributed by atoms with Crippen LogP contribution in [0, 0.1) is 0 Å². The zero-order valence-electron chi connectivity index (χ0n) is 17.5. The number of nitrogens with zero attached hydrogens (tertiary/aromatic N) is 2. The number of carbonyl (C=O) groups is 2. The molecule has 0 radical (unpaired) electrons. The fraction of sp³-hybridized carbons (Fsp3) is 0.333. The molecule has 0 bridgehead atoms. The number of halogens is 2. The Bertz CT molecular complexity index is 1010. The zero-order valence-corrected chi connectivity index (χ0v) is 19.8. The molecule has 2 amide bonds. The Hall–Kier alpha value is -2.29. The van der Waals surface area contributed by atoms with Gasteiger partial charge in [0.2, 0.25) is 21.8 Å². The number of nitrogens with one attached hydrogen (secondary N) is 1. The van der Waals surface area contributed by atoms with E-state index in [9.17, 15) is 18.0 Å². The largest absolute Gasteiger partial charge is 0.355 e. The van der Waals surface area contributed by atoms with Crippen molar-refractivity contribution >= 4 is 50.7 Å². The number of benzene rings is 2. The Balaban J connectivity index is 2.39. The normalized spacial score (nSPS) is 12.2. The molecule has 1 N–H and O–H groups in total. The molecule has 0 saturated carbocycles. The Labute approximate surface area is 193 Å². The molecular formula is C21H25Cl2N3O4S. The summed E-state index contributed by atoms with van der Waals surface area (Å²) < 4.78 is 25.9. The van der Waals surface area contributed by atoms with E-state index in [2.05, 4.69) is 5.32 Å². The molecule has 2 aromatic rings. The number of hydrogen-bond acceptors (Lipinski definition) is 4. The highest BCUT2D eigenvalue weighted by atomic mass is 35.5. The third-order valence-corrected chi connectivity index (χ3v) is 6.11. The van der Waals surface area contributed by atoms with Crippen molar-refractivity contribution in [2.45, 2.75) is 26.4 Å². The van der Waals surface area contributed by atoms with E-state index in [1.165, 1.54) is 23.1 Å². The molecular weight excluding hydrogens is 461 g/mol. The van der Waals surface area contributed by atoms with Crippen molar-refractivity contribution in [3.63, 3.8) is 0 Å². The Morgan fingerprint density at radius 3 is 2.16 bits per heavy atom. The fourth-order valence-electron chi connectivity index (χ4n) is 2.98. The maximum absolute atomic E-state index is 13.3. The number of rotatable bonds is 9. The maximum Gasteiger partial charge on any atom is 0.244 e. The second-order valence-corrected chi connectivity index (χ2v) is 9.75. The summed E-state index contributed by atoms with van der Waals surface area (Å²) in [5.74, 6) is -0.868. The van der Waals surface area contributed by atoms with Gasteiger partial charge < -0.3 is 10.2 Å². The van der Waals surface area contributed by atoms with Gasteiger partial charge in [-0.25, -0.2) is 8.42 Å². The van der Waals surface area contributed by atoms with E-state index < -0.39 is 28.5 Å². The summed E-state index contributed by atoms with van der Waals surface area (Å²) in [6, 6.07) is 12.6. The van der Waals surface area contributed by atoms with E-state index in [0.717, 1.165) is 16.1 Å². The standard InChI is InChI=1S/C21H25Cl2N3O4S/c1-4-24-21(28)15(2)25(13-16-8-6-5-7-9-16)20(27)14-26(31(3,29)30)19-11-17(22)10-18(23)12-19/h5-12,15H,4,13-14H2,1-3H3,(H,24,28)/t15-/m0/s1.